The van der Waals surface area contributed by atoms with Gasteiger partial charge in [-0.2, -0.15) is 0 Å². The molecule has 0 atom stereocenters. The molecule has 3 heterocycles. The van der Waals surface area contributed by atoms with Gasteiger partial charge in [-0.05, 0) is 56.3 Å². The van der Waals surface area contributed by atoms with E-state index in [9.17, 15) is 24.5 Å². The third-order valence-corrected chi connectivity index (χ3v) is 9.70. The molecule has 0 fully saturated rings. The fourth-order valence-corrected chi connectivity index (χ4v) is 6.65. The van der Waals surface area contributed by atoms with Crippen LogP contribution in [0.5, 0.6) is 0 Å². The molecule has 0 spiro atoms. The summed E-state index contributed by atoms with van der Waals surface area (Å²) in [5.74, 6) is -1.10. The van der Waals surface area contributed by atoms with Crippen LogP contribution < -0.4 is 21.3 Å². The lowest BCUT2D eigenvalue weighted by atomic mass is 10.1. The van der Waals surface area contributed by atoms with Crippen LogP contribution in [0.15, 0.2) is 87.1 Å². The number of hydrazine groups is 2. The molecule has 0 radical (unpaired) electrons. The first-order valence-electron chi connectivity index (χ1n) is 16.7. The predicted octanol–water partition coefficient (Wildman–Crippen LogP) is 9.12. The lowest BCUT2D eigenvalue weighted by Crippen LogP contribution is -2.43. The third-order valence-electron chi connectivity index (χ3n) is 7.87. The van der Waals surface area contributed by atoms with Crippen molar-refractivity contribution >= 4 is 105 Å². The van der Waals surface area contributed by atoms with E-state index in [0.717, 1.165) is 6.20 Å². The summed E-state index contributed by atoms with van der Waals surface area (Å²) in [5, 5.41) is 25.6. The minimum absolute atomic E-state index is 0.0663. The summed E-state index contributed by atoms with van der Waals surface area (Å²) in [6.07, 6.45) is 2.42. The van der Waals surface area contributed by atoms with Crippen molar-refractivity contribution in [1.29, 1.82) is 0 Å². The van der Waals surface area contributed by atoms with Gasteiger partial charge in [0.1, 0.15) is 46.0 Å². The number of amides is 3. The summed E-state index contributed by atoms with van der Waals surface area (Å²) in [6.45, 7) is 2.66. The Hall–Kier alpha value is -5.95. The van der Waals surface area contributed by atoms with E-state index in [1.807, 2.05) is 0 Å². The highest BCUT2D eigenvalue weighted by atomic mass is 35.5. The largest absolute Gasteiger partial charge is 0.386 e. The van der Waals surface area contributed by atoms with Gasteiger partial charge in [-0.3, -0.25) is 45.8 Å². The number of rotatable bonds is 11. The van der Waals surface area contributed by atoms with Crippen molar-refractivity contribution < 1.29 is 33.2 Å². The van der Waals surface area contributed by atoms with Gasteiger partial charge >= 0.3 is 0 Å². The highest BCUT2D eigenvalue weighted by Gasteiger charge is 2.27. The monoisotopic (exact) mass is 935 g/mol. The Morgan fingerprint density at radius 1 is 0.800 bits per heavy atom. The molecule has 60 heavy (non-hydrogen) atoms. The zero-order valence-electron chi connectivity index (χ0n) is 30.9. The van der Waals surface area contributed by atoms with Gasteiger partial charge in [-0.15, -0.1) is 0 Å². The second kappa shape index (κ2) is 20.3. The van der Waals surface area contributed by atoms with Gasteiger partial charge in [0.2, 0.25) is 0 Å². The van der Waals surface area contributed by atoms with E-state index < -0.39 is 29.3 Å². The number of carbonyl (C=O) groups is 3. The molecule has 6 rings (SSSR count). The number of nitro groups is 1. The number of nitrogens with zero attached hydrogens (tertiary/aromatic N) is 6. The molecule has 3 aromatic carbocycles. The van der Waals surface area contributed by atoms with Crippen LogP contribution >= 0.6 is 69.6 Å². The number of oxime groups is 1. The van der Waals surface area contributed by atoms with Gasteiger partial charge < -0.3 is 13.9 Å². The van der Waals surface area contributed by atoms with Crippen molar-refractivity contribution in [1.82, 2.24) is 31.6 Å². The highest BCUT2D eigenvalue weighted by Crippen LogP contribution is 2.38. The normalized spacial score (nSPS) is 10.8. The molecule has 310 valence electrons. The molecule has 6 aromatic rings. The van der Waals surface area contributed by atoms with Gasteiger partial charge in [-0.1, -0.05) is 103 Å². The Kier molecular flexibility index (Phi) is 15.3. The zero-order valence-corrected chi connectivity index (χ0v) is 35.5. The van der Waals surface area contributed by atoms with Crippen molar-refractivity contribution in [3.8, 4) is 22.5 Å². The van der Waals surface area contributed by atoms with E-state index in [1.165, 1.54) is 37.3 Å². The quantitative estimate of drug-likeness (QED) is 0.0629. The zero-order chi connectivity index (χ0) is 43.7. The number of hydrogen-bond donors (Lipinski definition) is 3. The summed E-state index contributed by atoms with van der Waals surface area (Å²) in [7, 11) is 1.54. The molecule has 0 aliphatic rings. The SMILES string of the molecule is Cc1onc(-c2c(Cl)cccc2Cl)c1C(=O)NN(C)c1ccc([N+](=O)[O-])cn1.Cc1onc(-c2c(Cl)cccc2Cl)c1C(=O)NNC(=O)CON=Cc1ccc(Cl)cc1Cl. The maximum atomic E-state index is 12.8. The molecule has 0 bridgehead atoms. The molecular weight excluding hydrogens is 911 g/mol. The number of benzene rings is 3. The second-order valence-electron chi connectivity index (χ2n) is 11.9. The Bertz CT molecular complexity index is 2560. The fourth-order valence-electron chi connectivity index (χ4n) is 5.04. The van der Waals surface area contributed by atoms with Crippen LogP contribution in [0.1, 0.15) is 37.8 Å². The van der Waals surface area contributed by atoms with E-state index in [2.05, 4.69) is 36.7 Å². The predicted molar refractivity (Wildman–Crippen MR) is 226 cm³/mol. The van der Waals surface area contributed by atoms with Crippen molar-refractivity contribution in [3.63, 3.8) is 0 Å². The Balaban J connectivity index is 0.000000230. The van der Waals surface area contributed by atoms with Crippen molar-refractivity contribution in [2.75, 3.05) is 18.7 Å². The standard InChI is InChI=1S/C20H14Cl4N4O4.C17H13Cl2N5O4/c1-10-17(19(28-32-10)18-13(22)3-2-4-14(18)23)20(30)27-26-16(29)9-31-25-8-11-5-6-12(21)7-15(11)24;1-9-14(16(22-28-9)15-11(18)4-3-5-12(15)19)17(25)21-23(2)13-7-6-10(8-20-13)24(26)27/h2-8H,9H2,1H3,(H,26,29)(H,27,30);3-8H,1-2H3,(H,21,25). The van der Waals surface area contributed by atoms with E-state index in [-0.39, 0.29) is 49.8 Å². The number of nitrogens with one attached hydrogen (secondary N) is 3. The summed E-state index contributed by atoms with van der Waals surface area (Å²) in [4.78, 5) is 56.4. The van der Waals surface area contributed by atoms with E-state index in [1.54, 1.807) is 61.5 Å². The minimum atomic E-state index is -0.681. The number of anilines is 1. The minimum Gasteiger partial charge on any atom is -0.386 e. The molecule has 17 nitrogen and oxygen atoms in total. The van der Waals surface area contributed by atoms with E-state index >= 15 is 0 Å². The molecule has 0 aliphatic carbocycles. The second-order valence-corrected chi connectivity index (χ2v) is 14.4. The van der Waals surface area contributed by atoms with Gasteiger partial charge in [0.25, 0.3) is 23.4 Å². The van der Waals surface area contributed by atoms with Crippen molar-refractivity contribution in [2.45, 2.75) is 13.8 Å². The average molecular weight is 938 g/mol. The Labute approximate surface area is 369 Å². The first-order chi connectivity index (χ1) is 28.6. The summed E-state index contributed by atoms with van der Waals surface area (Å²) < 4.78 is 10.3. The molecule has 3 amide bonds. The van der Waals surface area contributed by atoms with Gasteiger partial charge in [0.05, 0.1) is 36.3 Å². The van der Waals surface area contributed by atoms with Crippen molar-refractivity contribution in [3.05, 3.63) is 141 Å². The number of carbonyl (C=O) groups excluding carboxylic acids is 3. The molecule has 3 N–H and O–H groups in total. The smallest absolute Gasteiger partial charge is 0.287 e. The van der Waals surface area contributed by atoms with Crippen LogP contribution in [0, 0.1) is 24.0 Å². The van der Waals surface area contributed by atoms with Gasteiger partial charge in [0, 0.05) is 34.8 Å². The molecular formula is C37H27Cl6N9O8. The Morgan fingerprint density at radius 2 is 1.35 bits per heavy atom. The third kappa shape index (κ3) is 11.0. The number of halogens is 6. The lowest BCUT2D eigenvalue weighted by molar-refractivity contribution is -0.385. The molecule has 0 saturated heterocycles. The summed E-state index contributed by atoms with van der Waals surface area (Å²) in [5.41, 5.74) is 8.76. The highest BCUT2D eigenvalue weighted by molar-refractivity contribution is 6.40. The number of pyridine rings is 1. The van der Waals surface area contributed by atoms with Gasteiger partial charge in [-0.25, -0.2) is 4.98 Å². The molecule has 0 unspecified atom stereocenters. The number of aromatic nitrogens is 3. The van der Waals surface area contributed by atoms with Crippen LogP contribution in [-0.2, 0) is 9.63 Å². The molecule has 0 saturated carbocycles. The van der Waals surface area contributed by atoms with E-state index in [4.69, 9.17) is 83.5 Å². The molecule has 23 heteroatoms. The van der Waals surface area contributed by atoms with Crippen molar-refractivity contribution in [2.24, 2.45) is 5.16 Å². The average Bonchev–Trinajstić information content (AvgIpc) is 3.78. The summed E-state index contributed by atoms with van der Waals surface area (Å²) in [6, 6.07) is 17.3. The van der Waals surface area contributed by atoms with Crippen LogP contribution in [0.25, 0.3) is 22.5 Å². The first-order valence-corrected chi connectivity index (χ1v) is 19.0. The van der Waals surface area contributed by atoms with Crippen LogP contribution in [0.4, 0.5) is 11.5 Å². The Morgan fingerprint density at radius 3 is 1.85 bits per heavy atom. The van der Waals surface area contributed by atoms with Gasteiger partial charge in [0.15, 0.2) is 6.61 Å². The van der Waals surface area contributed by atoms with Crippen LogP contribution in [0.3, 0.4) is 0 Å². The van der Waals surface area contributed by atoms with Crippen LogP contribution in [-0.4, -0.2) is 57.8 Å². The first kappa shape index (κ1) is 45.1. The number of aryl methyl sites for hydroxylation is 2. The van der Waals surface area contributed by atoms with E-state index in [0.29, 0.717) is 42.6 Å². The number of hydrogen-bond acceptors (Lipinski definition) is 13. The maximum Gasteiger partial charge on any atom is 0.287 e. The lowest BCUT2D eigenvalue weighted by Gasteiger charge is -2.19. The topological polar surface area (TPSA) is 220 Å². The fraction of sp³-hybridized carbons (Fsp3) is 0.108. The maximum absolute atomic E-state index is 12.8. The summed E-state index contributed by atoms with van der Waals surface area (Å²) >= 11 is 36.7. The molecule has 3 aromatic heterocycles. The van der Waals surface area contributed by atoms with Crippen LogP contribution in [0.2, 0.25) is 30.1 Å². The molecule has 0 aliphatic heterocycles.